The van der Waals surface area contributed by atoms with Gasteiger partial charge in [0.2, 0.25) is 0 Å². The molecule has 42 heavy (non-hydrogen) atoms. The van der Waals surface area contributed by atoms with Crippen molar-refractivity contribution in [2.45, 2.75) is 65.2 Å². The summed E-state index contributed by atoms with van der Waals surface area (Å²) in [6, 6.07) is 17.7. The molecular weight excluding hydrogens is 524 g/mol. The lowest BCUT2D eigenvalue weighted by Gasteiger charge is -2.56. The molecule has 1 saturated heterocycles. The van der Waals surface area contributed by atoms with Crippen molar-refractivity contribution in [1.82, 2.24) is 0 Å². The van der Waals surface area contributed by atoms with Gasteiger partial charge in [0, 0.05) is 17.1 Å². The highest BCUT2D eigenvalue weighted by atomic mass is 16.5. The van der Waals surface area contributed by atoms with Gasteiger partial charge in [0.1, 0.15) is 17.3 Å². The van der Waals surface area contributed by atoms with E-state index in [2.05, 4.69) is 50.3 Å². The zero-order chi connectivity index (χ0) is 29.0. The van der Waals surface area contributed by atoms with Crippen molar-refractivity contribution < 1.29 is 24.2 Å². The number of fused-ring (bicyclic) bond motifs is 1. The van der Waals surface area contributed by atoms with Crippen molar-refractivity contribution in [3.63, 3.8) is 0 Å². The highest BCUT2D eigenvalue weighted by molar-refractivity contribution is 6.06. The van der Waals surface area contributed by atoms with Gasteiger partial charge in [-0.3, -0.25) is 0 Å². The van der Waals surface area contributed by atoms with Gasteiger partial charge in [-0.05, 0) is 104 Å². The molecule has 2 aromatic carbocycles. The zero-order valence-corrected chi connectivity index (χ0v) is 24.4. The second kappa shape index (κ2) is 10.4. The highest BCUT2D eigenvalue weighted by Crippen LogP contribution is 2.71. The molecule has 0 unspecified atom stereocenters. The summed E-state index contributed by atoms with van der Waals surface area (Å²) < 4.78 is 12.3. The molecule has 6 aliphatic rings. The first-order chi connectivity index (χ1) is 20.5. The number of esters is 2. The summed E-state index contributed by atoms with van der Waals surface area (Å²) in [5, 5.41) is 10.4. The molecule has 1 saturated carbocycles. The van der Waals surface area contributed by atoms with Crippen LogP contribution < -0.4 is 0 Å². The Morgan fingerprint density at radius 1 is 1.00 bits per heavy atom. The molecule has 216 valence electrons. The number of benzene rings is 2. The number of unbranched alkanes of at least 4 members (excludes halogenated alkanes) is 1. The van der Waals surface area contributed by atoms with Crippen LogP contribution >= 0.6 is 0 Å². The van der Waals surface area contributed by atoms with Crippen molar-refractivity contribution in [3.8, 4) is 5.75 Å². The van der Waals surface area contributed by atoms with Crippen LogP contribution in [0.4, 0.5) is 0 Å². The summed E-state index contributed by atoms with van der Waals surface area (Å²) in [6.45, 7) is 4.30. The molecule has 2 heterocycles. The fourth-order valence-corrected chi connectivity index (χ4v) is 8.64. The van der Waals surface area contributed by atoms with Crippen molar-refractivity contribution in [1.29, 1.82) is 0 Å². The smallest absolute Gasteiger partial charge is 0.340 e. The Hall–Kier alpha value is -3.86. The van der Waals surface area contributed by atoms with Gasteiger partial charge in [0.25, 0.3) is 0 Å². The molecule has 2 fully saturated rings. The van der Waals surface area contributed by atoms with E-state index in [9.17, 15) is 14.7 Å². The quantitative estimate of drug-likeness (QED) is 0.348. The second-order valence-corrected chi connectivity index (χ2v) is 12.6. The minimum Gasteiger partial charge on any atom is -0.508 e. The standard InChI is InChI=1S/C37H38O5/c1-3-5-14-29-28-16-15-27-26-17-18-37(33(27)32(28)35(39)41-29)30(20-22(4-2)19-23-10-7-6-8-11-23)42-36(40)34(37)31(26)24-12-9-13-25(38)21-24/h6-14,20-22,26-27,33,38H,3-5,15-19H2,1-2H3/b29-14-,30-20-/t22-,26-,27+,33-,37-/m1/s1. The fourth-order valence-electron chi connectivity index (χ4n) is 8.64. The number of phenols is 1. The van der Waals surface area contributed by atoms with E-state index in [0.717, 1.165) is 79.4 Å². The van der Waals surface area contributed by atoms with Gasteiger partial charge in [-0.1, -0.05) is 62.7 Å². The summed E-state index contributed by atoms with van der Waals surface area (Å²) in [4.78, 5) is 27.7. The average Bonchev–Trinajstić information content (AvgIpc) is 3.49. The summed E-state index contributed by atoms with van der Waals surface area (Å²) >= 11 is 0. The van der Waals surface area contributed by atoms with E-state index in [0.29, 0.717) is 11.3 Å². The van der Waals surface area contributed by atoms with Gasteiger partial charge in [-0.25, -0.2) is 9.59 Å². The number of hydrogen-bond acceptors (Lipinski definition) is 5. The third-order valence-corrected chi connectivity index (χ3v) is 10.4. The normalized spacial score (nSPS) is 30.4. The molecule has 1 N–H and O–H groups in total. The van der Waals surface area contributed by atoms with Gasteiger partial charge in [-0.2, -0.15) is 0 Å². The Bertz CT molecular complexity index is 1570. The molecule has 4 aliphatic carbocycles. The molecule has 5 heteroatoms. The molecule has 0 radical (unpaired) electrons. The van der Waals surface area contributed by atoms with Crippen molar-refractivity contribution in [2.24, 2.45) is 29.1 Å². The number of phenolic OH excluding ortho intramolecular Hbond substituents is 1. The number of allylic oxidation sites excluding steroid dienone is 5. The number of ether oxygens (including phenoxy) is 2. The predicted molar refractivity (Wildman–Crippen MR) is 161 cm³/mol. The lowest BCUT2D eigenvalue weighted by Crippen LogP contribution is -2.52. The maximum absolute atomic E-state index is 14.0. The number of aromatic hydroxyl groups is 1. The van der Waals surface area contributed by atoms with Gasteiger partial charge < -0.3 is 14.6 Å². The predicted octanol–water partition coefficient (Wildman–Crippen LogP) is 7.83. The van der Waals surface area contributed by atoms with E-state index in [1.54, 1.807) is 12.1 Å². The van der Waals surface area contributed by atoms with Crippen LogP contribution in [0.25, 0.3) is 5.57 Å². The van der Waals surface area contributed by atoms with Crippen molar-refractivity contribution in [2.75, 3.05) is 0 Å². The fraction of sp³-hybridized carbons (Fsp3) is 0.405. The van der Waals surface area contributed by atoms with Crippen molar-refractivity contribution in [3.05, 3.63) is 106 Å². The maximum atomic E-state index is 14.0. The molecular formula is C37H38O5. The molecule has 0 amide bonds. The van der Waals surface area contributed by atoms with Crippen molar-refractivity contribution >= 4 is 17.5 Å². The average molecular weight is 563 g/mol. The summed E-state index contributed by atoms with van der Waals surface area (Å²) in [5.41, 5.74) is 4.90. The van der Waals surface area contributed by atoms with E-state index < -0.39 is 5.41 Å². The SMILES string of the molecule is CCC/C=C1\OC(=O)C2=C1CC[C@H]1[C@H]3CC[C@]4(C(=C3c3cccc(O)c3)C(=O)O/C4=C\[C@H](CC)Cc3ccccc3)[C@@H]21. The molecule has 5 nitrogen and oxygen atoms in total. The minimum absolute atomic E-state index is 0.109. The van der Waals surface area contributed by atoms with E-state index in [1.807, 2.05) is 18.2 Å². The Morgan fingerprint density at radius 2 is 1.83 bits per heavy atom. The largest absolute Gasteiger partial charge is 0.508 e. The second-order valence-electron chi connectivity index (χ2n) is 12.6. The van der Waals surface area contributed by atoms with Gasteiger partial charge in [0.15, 0.2) is 0 Å². The van der Waals surface area contributed by atoms with Gasteiger partial charge >= 0.3 is 11.9 Å². The number of carbonyl (C=O) groups is 2. The maximum Gasteiger partial charge on any atom is 0.340 e. The minimum atomic E-state index is -0.721. The first-order valence-electron chi connectivity index (χ1n) is 15.6. The lowest BCUT2D eigenvalue weighted by atomic mass is 9.44. The van der Waals surface area contributed by atoms with Crippen LogP contribution in [0.3, 0.4) is 0 Å². The van der Waals surface area contributed by atoms with E-state index >= 15 is 0 Å². The molecule has 1 spiro atoms. The molecule has 0 aromatic heterocycles. The Balaban J connectivity index is 1.44. The lowest BCUT2D eigenvalue weighted by molar-refractivity contribution is -0.135. The summed E-state index contributed by atoms with van der Waals surface area (Å²) in [7, 11) is 0. The molecule has 2 aliphatic heterocycles. The van der Waals surface area contributed by atoms with Gasteiger partial charge in [0.05, 0.1) is 11.0 Å². The van der Waals surface area contributed by atoms with Crippen LogP contribution in [-0.2, 0) is 25.5 Å². The Morgan fingerprint density at radius 3 is 2.60 bits per heavy atom. The molecule has 5 atom stereocenters. The number of hydrogen-bond donors (Lipinski definition) is 1. The topological polar surface area (TPSA) is 72.8 Å². The van der Waals surface area contributed by atoms with Crippen LogP contribution in [0.1, 0.15) is 69.9 Å². The Labute approximate surface area is 247 Å². The Kier molecular flexibility index (Phi) is 6.72. The number of cyclic esters (lactones) is 2. The first-order valence-corrected chi connectivity index (χ1v) is 15.6. The summed E-state index contributed by atoms with van der Waals surface area (Å²) in [6.07, 6.45) is 11.3. The third kappa shape index (κ3) is 4.04. The van der Waals surface area contributed by atoms with E-state index in [1.165, 1.54) is 5.56 Å². The molecule has 2 aromatic rings. The van der Waals surface area contributed by atoms with Crippen LogP contribution in [0.15, 0.2) is 95.0 Å². The molecule has 8 rings (SSSR count). The van der Waals surface area contributed by atoms with Crippen LogP contribution in [0, 0.1) is 29.1 Å². The zero-order valence-electron chi connectivity index (χ0n) is 24.4. The first kappa shape index (κ1) is 27.0. The summed E-state index contributed by atoms with van der Waals surface area (Å²) in [5.74, 6) is 1.36. The number of rotatable bonds is 7. The monoisotopic (exact) mass is 562 g/mol. The highest BCUT2D eigenvalue weighted by Gasteiger charge is 2.68. The van der Waals surface area contributed by atoms with Crippen LogP contribution in [-0.4, -0.2) is 17.0 Å². The van der Waals surface area contributed by atoms with Crippen LogP contribution in [0.5, 0.6) is 5.75 Å². The molecule has 2 bridgehead atoms. The van der Waals surface area contributed by atoms with Gasteiger partial charge in [-0.15, -0.1) is 0 Å². The number of carbonyl (C=O) groups excluding carboxylic acids is 2. The van der Waals surface area contributed by atoms with E-state index in [-0.39, 0.29) is 41.4 Å². The third-order valence-electron chi connectivity index (χ3n) is 10.4. The van der Waals surface area contributed by atoms with E-state index in [4.69, 9.17) is 9.47 Å². The van der Waals surface area contributed by atoms with Crippen LogP contribution in [0.2, 0.25) is 0 Å².